The summed E-state index contributed by atoms with van der Waals surface area (Å²) in [6.07, 6.45) is 5.44. The summed E-state index contributed by atoms with van der Waals surface area (Å²) in [7, 11) is 0. The molecule has 0 fully saturated rings. The van der Waals surface area contributed by atoms with Gasteiger partial charge in [0.2, 0.25) is 0 Å². The van der Waals surface area contributed by atoms with E-state index < -0.39 is 0 Å². The lowest BCUT2D eigenvalue weighted by Gasteiger charge is -2.02. The molecule has 0 bridgehead atoms. The smallest absolute Gasteiger partial charge is 0.0741 e. The predicted molar refractivity (Wildman–Crippen MR) is 86.3 cm³/mol. The molecule has 20 heavy (non-hydrogen) atoms. The number of fused-ring (bicyclic) bond motifs is 1. The summed E-state index contributed by atoms with van der Waals surface area (Å²) in [5.41, 5.74) is 3.41. The average Bonchev–Trinajstić information content (AvgIpc) is 2.95. The number of nitrogens with zero attached hydrogens (tertiary/aromatic N) is 3. The van der Waals surface area contributed by atoms with Crippen molar-refractivity contribution in [3.05, 3.63) is 54.5 Å². The van der Waals surface area contributed by atoms with Crippen LogP contribution in [0.15, 0.2) is 48.9 Å². The molecule has 0 aliphatic heterocycles. The third kappa shape index (κ3) is 3.44. The lowest BCUT2D eigenvalue weighted by atomic mass is 10.2. The number of rotatable bonds is 1. The first kappa shape index (κ1) is 15.9. The molecular formula is C17H23N3. The zero-order chi connectivity index (χ0) is 15.0. The van der Waals surface area contributed by atoms with Crippen molar-refractivity contribution in [2.75, 3.05) is 0 Å². The maximum Gasteiger partial charge on any atom is 0.0741 e. The number of aromatic nitrogens is 3. The molecular weight excluding hydrogens is 246 g/mol. The Morgan fingerprint density at radius 1 is 0.900 bits per heavy atom. The van der Waals surface area contributed by atoms with E-state index in [0.717, 1.165) is 16.6 Å². The summed E-state index contributed by atoms with van der Waals surface area (Å²) in [5, 5.41) is 5.56. The molecule has 2 heterocycles. The Morgan fingerprint density at radius 3 is 2.20 bits per heavy atom. The van der Waals surface area contributed by atoms with Gasteiger partial charge in [-0.3, -0.25) is 4.98 Å². The van der Waals surface area contributed by atoms with Crippen LogP contribution >= 0.6 is 0 Å². The van der Waals surface area contributed by atoms with Crippen molar-refractivity contribution in [3.8, 4) is 5.69 Å². The van der Waals surface area contributed by atoms with E-state index in [1.165, 1.54) is 5.56 Å². The Bertz CT molecular complexity index is 627. The van der Waals surface area contributed by atoms with Gasteiger partial charge in [0.05, 0.1) is 17.4 Å². The summed E-state index contributed by atoms with van der Waals surface area (Å²) < 4.78 is 1.93. The average molecular weight is 269 g/mol. The monoisotopic (exact) mass is 269 g/mol. The van der Waals surface area contributed by atoms with E-state index in [0.29, 0.717) is 0 Å². The van der Waals surface area contributed by atoms with Gasteiger partial charge in [0.15, 0.2) is 0 Å². The molecule has 0 spiro atoms. The molecule has 0 atom stereocenters. The van der Waals surface area contributed by atoms with Crippen LogP contribution in [0.2, 0.25) is 0 Å². The van der Waals surface area contributed by atoms with E-state index in [2.05, 4.69) is 35.2 Å². The summed E-state index contributed by atoms with van der Waals surface area (Å²) >= 11 is 0. The highest BCUT2D eigenvalue weighted by Gasteiger charge is 2.03. The molecule has 1 aromatic carbocycles. The Morgan fingerprint density at radius 2 is 1.55 bits per heavy atom. The first-order valence-electron chi connectivity index (χ1n) is 7.19. The Kier molecular flexibility index (Phi) is 6.44. The van der Waals surface area contributed by atoms with Gasteiger partial charge in [0.1, 0.15) is 0 Å². The topological polar surface area (TPSA) is 30.7 Å². The number of hydrogen-bond acceptors (Lipinski definition) is 2. The van der Waals surface area contributed by atoms with Crippen LogP contribution in [0.25, 0.3) is 16.6 Å². The summed E-state index contributed by atoms with van der Waals surface area (Å²) in [5.74, 6) is 0. The van der Waals surface area contributed by atoms with Gasteiger partial charge < -0.3 is 0 Å². The fraction of sp³-hybridized carbons (Fsp3) is 0.294. The second-order valence-electron chi connectivity index (χ2n) is 3.82. The van der Waals surface area contributed by atoms with Crippen molar-refractivity contribution in [3.63, 3.8) is 0 Å². The van der Waals surface area contributed by atoms with Crippen LogP contribution in [-0.4, -0.2) is 14.8 Å². The Balaban J connectivity index is 0.000000461. The largest absolute Gasteiger partial charge is 0.265 e. The van der Waals surface area contributed by atoms with Crippen molar-refractivity contribution in [2.45, 2.75) is 34.6 Å². The van der Waals surface area contributed by atoms with Crippen LogP contribution in [0.5, 0.6) is 0 Å². The molecule has 0 saturated carbocycles. The molecule has 0 aliphatic rings. The summed E-state index contributed by atoms with van der Waals surface area (Å²) in [6.45, 7) is 10.1. The number of aryl methyl sites for hydroxylation is 1. The first-order chi connectivity index (χ1) is 9.84. The Labute approximate surface area is 121 Å². The molecule has 0 radical (unpaired) electrons. The number of hydrogen-bond donors (Lipinski definition) is 0. The van der Waals surface area contributed by atoms with Crippen LogP contribution in [-0.2, 0) is 0 Å². The van der Waals surface area contributed by atoms with Crippen LogP contribution < -0.4 is 0 Å². The van der Waals surface area contributed by atoms with Crippen LogP contribution in [0.3, 0.4) is 0 Å². The highest BCUT2D eigenvalue weighted by atomic mass is 15.3. The molecule has 3 heteroatoms. The van der Waals surface area contributed by atoms with E-state index in [-0.39, 0.29) is 0 Å². The summed E-state index contributed by atoms with van der Waals surface area (Å²) in [4.78, 5) is 4.01. The van der Waals surface area contributed by atoms with Crippen molar-refractivity contribution in [2.24, 2.45) is 0 Å². The second kappa shape index (κ2) is 8.10. The minimum absolute atomic E-state index is 1.04. The van der Waals surface area contributed by atoms with E-state index in [4.69, 9.17) is 0 Å². The molecule has 3 rings (SSSR count). The third-order valence-corrected chi connectivity index (χ3v) is 2.63. The van der Waals surface area contributed by atoms with E-state index in [1.807, 2.05) is 50.7 Å². The van der Waals surface area contributed by atoms with Crippen molar-refractivity contribution in [1.29, 1.82) is 0 Å². The molecule has 0 saturated heterocycles. The minimum Gasteiger partial charge on any atom is -0.265 e. The number of benzene rings is 1. The van der Waals surface area contributed by atoms with Crippen LogP contribution in [0.4, 0.5) is 0 Å². The van der Waals surface area contributed by atoms with Crippen LogP contribution in [0, 0.1) is 6.92 Å². The van der Waals surface area contributed by atoms with Crippen LogP contribution in [0.1, 0.15) is 33.3 Å². The van der Waals surface area contributed by atoms with Gasteiger partial charge >= 0.3 is 0 Å². The lowest BCUT2D eigenvalue weighted by Crippen LogP contribution is -1.95. The van der Waals surface area contributed by atoms with Gasteiger partial charge in [-0.05, 0) is 31.2 Å². The molecule has 2 aromatic heterocycles. The van der Waals surface area contributed by atoms with Gasteiger partial charge in [-0.2, -0.15) is 5.10 Å². The molecule has 0 N–H and O–H groups in total. The SMILES string of the molecule is CC.CC.Cc1ccc2c(cnn2-c2ccncc2)c1. The summed E-state index contributed by atoms with van der Waals surface area (Å²) in [6, 6.07) is 10.2. The third-order valence-electron chi connectivity index (χ3n) is 2.63. The Hall–Kier alpha value is -2.16. The van der Waals surface area contributed by atoms with Gasteiger partial charge in [-0.1, -0.05) is 39.3 Å². The molecule has 0 unspecified atom stereocenters. The van der Waals surface area contributed by atoms with Gasteiger partial charge in [0, 0.05) is 17.8 Å². The highest BCUT2D eigenvalue weighted by molar-refractivity contribution is 5.80. The van der Waals surface area contributed by atoms with Crippen molar-refractivity contribution in [1.82, 2.24) is 14.8 Å². The molecule has 3 nitrogen and oxygen atoms in total. The fourth-order valence-corrected chi connectivity index (χ4v) is 1.84. The fourth-order valence-electron chi connectivity index (χ4n) is 1.84. The maximum absolute atomic E-state index is 4.40. The quantitative estimate of drug-likeness (QED) is 0.636. The van der Waals surface area contributed by atoms with Gasteiger partial charge in [0.25, 0.3) is 0 Å². The minimum atomic E-state index is 1.04. The molecule has 0 amide bonds. The zero-order valence-corrected chi connectivity index (χ0v) is 13.0. The van der Waals surface area contributed by atoms with E-state index >= 15 is 0 Å². The van der Waals surface area contributed by atoms with Crippen molar-refractivity contribution >= 4 is 10.9 Å². The predicted octanol–water partition coefficient (Wildman–Crippen LogP) is 4.78. The highest BCUT2D eigenvalue weighted by Crippen LogP contribution is 2.18. The van der Waals surface area contributed by atoms with E-state index in [1.54, 1.807) is 12.4 Å². The zero-order valence-electron chi connectivity index (χ0n) is 13.0. The van der Waals surface area contributed by atoms with Gasteiger partial charge in [-0.25, -0.2) is 4.68 Å². The molecule has 106 valence electrons. The number of pyridine rings is 1. The van der Waals surface area contributed by atoms with Crippen molar-refractivity contribution < 1.29 is 0 Å². The standard InChI is InChI=1S/C13H11N3.2C2H6/c1-10-2-3-13-11(8-10)9-15-16(13)12-4-6-14-7-5-12;2*1-2/h2-9H,1H3;2*1-2H3. The normalized spacial score (nSPS) is 9.25. The molecule has 0 aliphatic carbocycles. The molecule has 3 aromatic rings. The lowest BCUT2D eigenvalue weighted by molar-refractivity contribution is 0.907. The second-order valence-corrected chi connectivity index (χ2v) is 3.82. The first-order valence-corrected chi connectivity index (χ1v) is 7.19. The van der Waals surface area contributed by atoms with E-state index in [9.17, 15) is 0 Å². The van der Waals surface area contributed by atoms with Gasteiger partial charge in [-0.15, -0.1) is 0 Å². The maximum atomic E-state index is 4.40.